The van der Waals surface area contributed by atoms with Gasteiger partial charge in [0, 0.05) is 30.1 Å². The molecular formula is C28H33ClN4O3. The van der Waals surface area contributed by atoms with Crippen LogP contribution in [0.4, 0.5) is 10.6 Å². The van der Waals surface area contributed by atoms with Gasteiger partial charge in [-0.2, -0.15) is 0 Å². The number of nitrogens with zero attached hydrogens (tertiary/aromatic N) is 3. The Morgan fingerprint density at radius 1 is 1.14 bits per heavy atom. The Balaban J connectivity index is 1.66. The molecule has 0 aliphatic carbocycles. The topological polar surface area (TPSA) is 76.5 Å². The number of rotatable bonds is 9. The number of amides is 2. The molecule has 7 nitrogen and oxygen atoms in total. The van der Waals surface area contributed by atoms with Crippen LogP contribution in [0.25, 0.3) is 0 Å². The fourth-order valence-electron chi connectivity index (χ4n) is 4.48. The van der Waals surface area contributed by atoms with Gasteiger partial charge in [-0.1, -0.05) is 68.3 Å². The van der Waals surface area contributed by atoms with Crippen molar-refractivity contribution in [1.82, 2.24) is 14.9 Å². The minimum Gasteiger partial charge on any atom is -0.389 e. The molecule has 0 spiro atoms. The quantitative estimate of drug-likeness (QED) is 0.355. The maximum Gasteiger partial charge on any atom is 0.414 e. The second kappa shape index (κ2) is 12.1. The molecule has 8 heteroatoms. The summed E-state index contributed by atoms with van der Waals surface area (Å²) >= 11 is 6.17. The lowest BCUT2D eigenvalue weighted by atomic mass is 10.1. The summed E-state index contributed by atoms with van der Waals surface area (Å²) < 4.78 is 7.88. The third-order valence-corrected chi connectivity index (χ3v) is 6.65. The first-order chi connectivity index (χ1) is 17.5. The Kier molecular flexibility index (Phi) is 8.65. The number of unbranched alkanes of at least 4 members (excludes halogenated alkanes) is 1. The van der Waals surface area contributed by atoms with Gasteiger partial charge in [0.25, 0.3) is 5.91 Å². The Hall–Kier alpha value is -3.32. The molecule has 4 rings (SSSR count). The van der Waals surface area contributed by atoms with Crippen LogP contribution in [0.15, 0.2) is 54.6 Å². The molecule has 1 aliphatic rings. The molecule has 2 amide bonds. The summed E-state index contributed by atoms with van der Waals surface area (Å²) in [6.45, 7) is 5.23. The molecule has 2 aromatic carbocycles. The first-order valence-corrected chi connectivity index (χ1v) is 13.1. The summed E-state index contributed by atoms with van der Waals surface area (Å²) in [7, 11) is 0. The van der Waals surface area contributed by atoms with Crippen molar-refractivity contribution in [1.29, 1.82) is 0 Å². The average molecular weight is 509 g/mol. The van der Waals surface area contributed by atoms with Crippen molar-refractivity contribution in [3.8, 4) is 5.88 Å². The summed E-state index contributed by atoms with van der Waals surface area (Å²) in [6, 6.07) is 16.5. The van der Waals surface area contributed by atoms with Gasteiger partial charge in [0.2, 0.25) is 5.88 Å². The summed E-state index contributed by atoms with van der Waals surface area (Å²) in [5.74, 6) is 1.31. The number of anilines is 1. The number of hydrogen-bond acceptors (Lipinski definition) is 4. The van der Waals surface area contributed by atoms with Crippen LogP contribution in [0.1, 0.15) is 73.7 Å². The van der Waals surface area contributed by atoms with E-state index in [-0.39, 0.29) is 11.9 Å². The van der Waals surface area contributed by atoms with Crippen LogP contribution in [0.3, 0.4) is 0 Å². The number of fused-ring (bicyclic) bond motifs is 1. The van der Waals surface area contributed by atoms with E-state index in [4.69, 9.17) is 21.3 Å². The van der Waals surface area contributed by atoms with Crippen molar-refractivity contribution in [3.63, 3.8) is 0 Å². The van der Waals surface area contributed by atoms with E-state index in [9.17, 15) is 9.59 Å². The first kappa shape index (κ1) is 25.8. The van der Waals surface area contributed by atoms with Crippen LogP contribution in [0, 0.1) is 0 Å². The number of nitrogens with one attached hydrogen (secondary N) is 1. The average Bonchev–Trinajstić information content (AvgIpc) is 3.25. The van der Waals surface area contributed by atoms with Gasteiger partial charge in [0.15, 0.2) is 5.82 Å². The molecule has 190 valence electrons. The fourth-order valence-corrected chi connectivity index (χ4v) is 4.67. The highest BCUT2D eigenvalue weighted by molar-refractivity contribution is 6.31. The minimum absolute atomic E-state index is 0.185. The Labute approximate surface area is 217 Å². The van der Waals surface area contributed by atoms with Crippen molar-refractivity contribution in [2.24, 2.45) is 0 Å². The first-order valence-electron chi connectivity index (χ1n) is 12.7. The molecule has 2 heterocycles. The molecular weight excluding hydrogens is 476 g/mol. The van der Waals surface area contributed by atoms with Crippen molar-refractivity contribution >= 4 is 29.4 Å². The number of halogens is 1. The number of benzene rings is 2. The predicted molar refractivity (Wildman–Crippen MR) is 142 cm³/mol. The van der Waals surface area contributed by atoms with Gasteiger partial charge in [0.05, 0.1) is 6.04 Å². The number of aromatic nitrogens is 2. The largest absolute Gasteiger partial charge is 0.414 e. The third-order valence-electron chi connectivity index (χ3n) is 6.41. The van der Waals surface area contributed by atoms with Gasteiger partial charge < -0.3 is 10.1 Å². The number of carbonyl (C=O) groups excluding carboxylic acids is 2. The molecule has 0 bridgehead atoms. The van der Waals surface area contributed by atoms with Crippen LogP contribution >= 0.6 is 11.6 Å². The van der Waals surface area contributed by atoms with Crippen LogP contribution < -0.4 is 15.0 Å². The van der Waals surface area contributed by atoms with E-state index in [1.54, 1.807) is 29.2 Å². The highest BCUT2D eigenvalue weighted by Gasteiger charge is 2.30. The molecule has 36 heavy (non-hydrogen) atoms. The number of ether oxygens (including phenoxy) is 1. The zero-order valence-electron chi connectivity index (χ0n) is 20.9. The second-order valence-corrected chi connectivity index (χ2v) is 9.43. The molecule has 1 atom stereocenters. The summed E-state index contributed by atoms with van der Waals surface area (Å²) in [6.07, 6.45) is 4.57. The normalized spacial score (nSPS) is 13.5. The molecule has 0 radical (unpaired) electrons. The van der Waals surface area contributed by atoms with E-state index in [1.807, 2.05) is 41.8 Å². The van der Waals surface area contributed by atoms with Crippen molar-refractivity contribution in [2.45, 2.75) is 65.0 Å². The van der Waals surface area contributed by atoms with Crippen molar-refractivity contribution in [3.05, 3.63) is 76.6 Å². The lowest BCUT2D eigenvalue weighted by molar-refractivity contribution is 0.0984. The minimum atomic E-state index is -0.564. The maximum atomic E-state index is 13.6. The van der Waals surface area contributed by atoms with Crippen LogP contribution in [-0.2, 0) is 13.0 Å². The van der Waals surface area contributed by atoms with Crippen LogP contribution in [-0.4, -0.2) is 28.1 Å². The molecule has 1 unspecified atom stereocenters. The van der Waals surface area contributed by atoms with E-state index in [1.165, 1.54) is 0 Å². The van der Waals surface area contributed by atoms with Gasteiger partial charge in [0.1, 0.15) is 5.82 Å². The van der Waals surface area contributed by atoms with E-state index in [0.29, 0.717) is 41.8 Å². The van der Waals surface area contributed by atoms with E-state index in [0.717, 1.165) is 43.5 Å². The highest BCUT2D eigenvalue weighted by atomic mass is 35.5. The highest BCUT2D eigenvalue weighted by Crippen LogP contribution is 2.34. The van der Waals surface area contributed by atoms with E-state index in [2.05, 4.69) is 12.2 Å². The van der Waals surface area contributed by atoms with Crippen LogP contribution in [0.2, 0.25) is 5.02 Å². The van der Waals surface area contributed by atoms with Crippen molar-refractivity contribution < 1.29 is 14.3 Å². The molecule has 1 aliphatic heterocycles. The fraction of sp³-hybridized carbons (Fsp3) is 0.393. The van der Waals surface area contributed by atoms with Crippen molar-refractivity contribution in [2.75, 3.05) is 11.4 Å². The lowest BCUT2D eigenvalue weighted by Crippen LogP contribution is -2.35. The van der Waals surface area contributed by atoms with Gasteiger partial charge in [-0.25, -0.2) is 9.78 Å². The van der Waals surface area contributed by atoms with Gasteiger partial charge in [-0.05, 0) is 49.4 Å². The van der Waals surface area contributed by atoms with Gasteiger partial charge in [-0.15, -0.1) is 0 Å². The molecule has 0 saturated heterocycles. The van der Waals surface area contributed by atoms with Gasteiger partial charge in [-0.3, -0.25) is 14.3 Å². The summed E-state index contributed by atoms with van der Waals surface area (Å²) in [5.41, 5.74) is 1.48. The summed E-state index contributed by atoms with van der Waals surface area (Å²) in [5, 5.41) is 3.47. The molecule has 1 N–H and O–H groups in total. The summed E-state index contributed by atoms with van der Waals surface area (Å²) in [4.78, 5) is 33.2. The van der Waals surface area contributed by atoms with Crippen LogP contribution in [0.5, 0.6) is 5.88 Å². The molecule has 0 saturated carbocycles. The smallest absolute Gasteiger partial charge is 0.389 e. The van der Waals surface area contributed by atoms with Gasteiger partial charge >= 0.3 is 6.09 Å². The predicted octanol–water partition coefficient (Wildman–Crippen LogP) is 6.56. The molecule has 0 fully saturated rings. The zero-order chi connectivity index (χ0) is 25.5. The zero-order valence-corrected chi connectivity index (χ0v) is 21.6. The Bertz CT molecular complexity index is 1190. The van der Waals surface area contributed by atoms with E-state index >= 15 is 0 Å². The number of imidazole rings is 1. The SMILES string of the molecule is CCCCN(C(=O)c1cccc(Cl)c1)c1nc2n(c1OC(=O)NC(CC)c1ccccc1)CCCC2. The number of aryl methyl sites for hydroxylation is 1. The molecule has 3 aromatic rings. The monoisotopic (exact) mass is 508 g/mol. The third kappa shape index (κ3) is 5.90. The Morgan fingerprint density at radius 2 is 1.94 bits per heavy atom. The standard InChI is InChI=1S/C28H33ClN4O3/c1-3-5-17-33(26(34)21-14-11-15-22(29)19-21)25-27(32-18-10-9-16-24(32)31-25)36-28(35)30-23(4-2)20-12-7-6-8-13-20/h6-8,11-15,19,23H,3-5,9-10,16-18H2,1-2H3,(H,30,35). The molecule has 1 aromatic heterocycles. The second-order valence-electron chi connectivity index (χ2n) is 8.99. The number of hydrogen-bond donors (Lipinski definition) is 1. The Morgan fingerprint density at radius 3 is 2.67 bits per heavy atom. The number of carbonyl (C=O) groups is 2. The maximum absolute atomic E-state index is 13.6. The van der Waals surface area contributed by atoms with E-state index < -0.39 is 6.09 Å². The lowest BCUT2D eigenvalue weighted by Gasteiger charge is -2.23.